The van der Waals surface area contributed by atoms with Gasteiger partial charge in [-0.2, -0.15) is 0 Å². The van der Waals surface area contributed by atoms with Gasteiger partial charge in [-0.25, -0.2) is 12.7 Å². The van der Waals surface area contributed by atoms with Crippen LogP contribution in [0.15, 0.2) is 23.8 Å². The predicted molar refractivity (Wildman–Crippen MR) is 124 cm³/mol. The highest BCUT2D eigenvalue weighted by Crippen LogP contribution is 2.35. The summed E-state index contributed by atoms with van der Waals surface area (Å²) in [5, 5.41) is 0. The molecule has 0 saturated heterocycles. The smallest absolute Gasteiger partial charge is 0.211 e. The van der Waals surface area contributed by atoms with E-state index in [0.29, 0.717) is 36.8 Å². The monoisotopic (exact) mass is 417 g/mol. The van der Waals surface area contributed by atoms with Crippen molar-refractivity contribution in [1.29, 1.82) is 0 Å². The fourth-order valence-electron chi connectivity index (χ4n) is 3.38. The van der Waals surface area contributed by atoms with Crippen LogP contribution in [0.1, 0.15) is 67.7 Å². The van der Waals surface area contributed by atoms with E-state index in [4.69, 9.17) is 0 Å². The van der Waals surface area contributed by atoms with Crippen LogP contribution in [0, 0.1) is 23.7 Å². The number of sulfonamides is 1. The van der Waals surface area contributed by atoms with Crippen LogP contribution >= 0.6 is 0 Å². The van der Waals surface area contributed by atoms with E-state index in [1.54, 1.807) is 11.4 Å². The molecule has 1 aliphatic carbocycles. The van der Waals surface area contributed by atoms with E-state index in [9.17, 15) is 8.42 Å². The van der Waals surface area contributed by atoms with Gasteiger partial charge in [0.25, 0.3) is 0 Å². The van der Waals surface area contributed by atoms with Crippen LogP contribution < -0.4 is 11.3 Å². The SMILES string of the molecule is CC.CCCN(CCC(C)C1C=C(C(C)C)C=CC1CC)S(C)(=O)=O.CNN. The molecular formula is C22H47N3O2S. The van der Waals surface area contributed by atoms with Crippen molar-refractivity contribution in [2.75, 3.05) is 26.4 Å². The Kier molecular flexibility index (Phi) is 17.0. The molecule has 1 aliphatic rings. The van der Waals surface area contributed by atoms with Crippen molar-refractivity contribution in [2.24, 2.45) is 29.5 Å². The largest absolute Gasteiger partial charge is 0.272 e. The molecule has 28 heavy (non-hydrogen) atoms. The molecule has 0 radical (unpaired) electrons. The average molecular weight is 418 g/mol. The summed E-state index contributed by atoms with van der Waals surface area (Å²) in [6.45, 7) is 16.3. The lowest BCUT2D eigenvalue weighted by atomic mass is 9.74. The lowest BCUT2D eigenvalue weighted by molar-refractivity contribution is 0.285. The Labute approximate surface area is 175 Å². The van der Waals surface area contributed by atoms with Crippen molar-refractivity contribution < 1.29 is 8.42 Å². The molecule has 5 nitrogen and oxygen atoms in total. The maximum Gasteiger partial charge on any atom is 0.211 e. The molecule has 3 unspecified atom stereocenters. The summed E-state index contributed by atoms with van der Waals surface area (Å²) in [6, 6.07) is 0. The summed E-state index contributed by atoms with van der Waals surface area (Å²) in [7, 11) is -1.44. The molecule has 168 valence electrons. The Morgan fingerprint density at radius 2 is 1.71 bits per heavy atom. The molecule has 0 bridgehead atoms. The Hall–Kier alpha value is -0.690. The summed E-state index contributed by atoms with van der Waals surface area (Å²) >= 11 is 0. The highest BCUT2D eigenvalue weighted by atomic mass is 32.2. The molecule has 6 heteroatoms. The fraction of sp³-hybridized carbons (Fsp3) is 0.818. The molecule has 3 atom stereocenters. The highest BCUT2D eigenvalue weighted by Gasteiger charge is 2.26. The Morgan fingerprint density at radius 3 is 2.11 bits per heavy atom. The van der Waals surface area contributed by atoms with Crippen LogP contribution in [0.25, 0.3) is 0 Å². The third-order valence-electron chi connectivity index (χ3n) is 4.99. The van der Waals surface area contributed by atoms with Crippen LogP contribution in [0.5, 0.6) is 0 Å². The third kappa shape index (κ3) is 11.3. The predicted octanol–water partition coefficient (Wildman–Crippen LogP) is 4.58. The van der Waals surface area contributed by atoms with E-state index in [0.717, 1.165) is 19.3 Å². The molecule has 0 spiro atoms. The quantitative estimate of drug-likeness (QED) is 0.425. The van der Waals surface area contributed by atoms with Gasteiger partial charge in [-0.15, -0.1) is 0 Å². The zero-order chi connectivity index (χ0) is 22.3. The number of nitrogens with one attached hydrogen (secondary N) is 1. The van der Waals surface area contributed by atoms with Crippen LogP contribution in [0.3, 0.4) is 0 Å². The Morgan fingerprint density at radius 1 is 1.18 bits per heavy atom. The molecule has 0 heterocycles. The normalized spacial score (nSPS) is 20.1. The average Bonchev–Trinajstić information content (AvgIpc) is 2.65. The van der Waals surface area contributed by atoms with Gasteiger partial charge in [0.2, 0.25) is 10.0 Å². The molecule has 0 aliphatic heterocycles. The van der Waals surface area contributed by atoms with Crippen molar-refractivity contribution in [2.45, 2.75) is 67.7 Å². The maximum absolute atomic E-state index is 11.9. The molecule has 0 aromatic carbocycles. The lowest BCUT2D eigenvalue weighted by Crippen LogP contribution is -2.33. The summed E-state index contributed by atoms with van der Waals surface area (Å²) < 4.78 is 25.4. The number of allylic oxidation sites excluding steroid dienone is 4. The second-order valence-electron chi connectivity index (χ2n) is 7.55. The van der Waals surface area contributed by atoms with Gasteiger partial charge in [-0.3, -0.25) is 11.3 Å². The summed E-state index contributed by atoms with van der Waals surface area (Å²) in [5.74, 6) is 6.72. The Balaban J connectivity index is 0. The summed E-state index contributed by atoms with van der Waals surface area (Å²) in [6.07, 6.45) is 11.3. The topological polar surface area (TPSA) is 75.4 Å². The minimum absolute atomic E-state index is 0.486. The fourth-order valence-corrected chi connectivity index (χ4v) is 4.33. The van der Waals surface area contributed by atoms with Gasteiger partial charge >= 0.3 is 0 Å². The van der Waals surface area contributed by atoms with Gasteiger partial charge in [-0.1, -0.05) is 66.7 Å². The van der Waals surface area contributed by atoms with Crippen molar-refractivity contribution in [3.63, 3.8) is 0 Å². The second kappa shape index (κ2) is 16.1. The molecular weight excluding hydrogens is 370 g/mol. The van der Waals surface area contributed by atoms with Crippen molar-refractivity contribution in [3.8, 4) is 0 Å². The number of rotatable bonds is 9. The van der Waals surface area contributed by atoms with Gasteiger partial charge in [0.1, 0.15) is 0 Å². The lowest BCUT2D eigenvalue weighted by Gasteiger charge is -2.32. The first-order valence-corrected chi connectivity index (χ1v) is 12.7. The molecule has 0 saturated carbocycles. The van der Waals surface area contributed by atoms with E-state index in [1.807, 2.05) is 20.8 Å². The number of hydrogen-bond donors (Lipinski definition) is 2. The van der Waals surface area contributed by atoms with E-state index in [1.165, 1.54) is 11.8 Å². The van der Waals surface area contributed by atoms with E-state index < -0.39 is 10.0 Å². The number of hydrazine groups is 1. The number of nitrogens with zero attached hydrogens (tertiary/aromatic N) is 1. The molecule has 3 N–H and O–H groups in total. The first-order valence-electron chi connectivity index (χ1n) is 10.8. The Bertz CT molecular complexity index is 542. The highest BCUT2D eigenvalue weighted by molar-refractivity contribution is 7.88. The molecule has 0 fully saturated rings. The third-order valence-corrected chi connectivity index (χ3v) is 6.29. The molecule has 0 amide bonds. The van der Waals surface area contributed by atoms with Crippen LogP contribution in [0.2, 0.25) is 0 Å². The second-order valence-corrected chi connectivity index (χ2v) is 9.53. The number of nitrogens with two attached hydrogens (primary N) is 1. The van der Waals surface area contributed by atoms with Gasteiger partial charge in [-0.05, 0) is 55.6 Å². The van der Waals surface area contributed by atoms with Crippen LogP contribution in [-0.4, -0.2) is 39.1 Å². The van der Waals surface area contributed by atoms with E-state index in [-0.39, 0.29) is 0 Å². The standard InChI is InChI=1S/C19H35NO2S.C2H6.CH6N2/c1-7-12-20(23(6,21)22)13-11-16(5)19-14-18(15(3)4)10-9-17(19)8-2;1-2;1-3-2/h9-10,14-17,19H,7-8,11-13H2,1-6H3;1-2H3;3H,2H2,1H3. The zero-order valence-electron chi connectivity index (χ0n) is 19.8. The summed E-state index contributed by atoms with van der Waals surface area (Å²) in [5.41, 5.74) is 3.67. The maximum atomic E-state index is 11.9. The van der Waals surface area contributed by atoms with Gasteiger partial charge < -0.3 is 0 Å². The van der Waals surface area contributed by atoms with E-state index in [2.05, 4.69) is 57.2 Å². The zero-order valence-corrected chi connectivity index (χ0v) is 20.6. The molecule has 0 aromatic rings. The van der Waals surface area contributed by atoms with Crippen molar-refractivity contribution in [1.82, 2.24) is 9.73 Å². The minimum atomic E-state index is -3.09. The molecule has 0 aromatic heterocycles. The minimum Gasteiger partial charge on any atom is -0.272 e. The number of hydrogen-bond acceptors (Lipinski definition) is 4. The van der Waals surface area contributed by atoms with E-state index >= 15 is 0 Å². The van der Waals surface area contributed by atoms with Gasteiger partial charge in [0.05, 0.1) is 6.26 Å². The van der Waals surface area contributed by atoms with Crippen molar-refractivity contribution in [3.05, 3.63) is 23.8 Å². The first-order chi connectivity index (χ1) is 13.1. The van der Waals surface area contributed by atoms with Crippen LogP contribution in [-0.2, 0) is 10.0 Å². The van der Waals surface area contributed by atoms with Crippen LogP contribution in [0.4, 0.5) is 0 Å². The van der Waals surface area contributed by atoms with Gasteiger partial charge in [0.15, 0.2) is 0 Å². The summed E-state index contributed by atoms with van der Waals surface area (Å²) in [4.78, 5) is 0. The molecule has 1 rings (SSSR count). The van der Waals surface area contributed by atoms with Gasteiger partial charge in [0, 0.05) is 13.1 Å². The first kappa shape index (κ1) is 29.5. The van der Waals surface area contributed by atoms with Crippen molar-refractivity contribution >= 4 is 10.0 Å².